The third kappa shape index (κ3) is 3.30. The van der Waals surface area contributed by atoms with E-state index >= 15 is 0 Å². The molecule has 4 rings (SSSR count). The highest BCUT2D eigenvalue weighted by Crippen LogP contribution is 2.18. The van der Waals surface area contributed by atoms with Gasteiger partial charge in [0.1, 0.15) is 5.52 Å². The zero-order chi connectivity index (χ0) is 17.2. The number of amides is 3. The van der Waals surface area contributed by atoms with Crippen LogP contribution in [0.25, 0.3) is 11.1 Å². The third-order valence-electron chi connectivity index (χ3n) is 4.75. The van der Waals surface area contributed by atoms with Crippen LogP contribution in [-0.2, 0) is 11.2 Å². The number of nitrogens with zero attached hydrogens (tertiary/aromatic N) is 3. The lowest BCUT2D eigenvalue weighted by molar-refractivity contribution is -0.129. The predicted molar refractivity (Wildman–Crippen MR) is 91.1 cm³/mol. The Morgan fingerprint density at radius 2 is 1.96 bits per heavy atom. The second kappa shape index (κ2) is 6.72. The summed E-state index contributed by atoms with van der Waals surface area (Å²) in [5.41, 5.74) is 1.53. The van der Waals surface area contributed by atoms with Crippen molar-refractivity contribution in [2.24, 2.45) is 0 Å². The summed E-state index contributed by atoms with van der Waals surface area (Å²) in [7, 11) is 0. The number of carbonyl (C=O) groups is 2. The number of hydrogen-bond donors (Lipinski definition) is 2. The van der Waals surface area contributed by atoms with Crippen LogP contribution in [0.3, 0.4) is 0 Å². The van der Waals surface area contributed by atoms with Gasteiger partial charge in [-0.05, 0) is 12.1 Å². The van der Waals surface area contributed by atoms with Gasteiger partial charge in [-0.25, -0.2) is 9.78 Å². The molecule has 1 atom stereocenters. The van der Waals surface area contributed by atoms with Gasteiger partial charge in [0.05, 0.1) is 6.04 Å². The summed E-state index contributed by atoms with van der Waals surface area (Å²) in [6.45, 7) is 4.05. The van der Waals surface area contributed by atoms with E-state index in [0.29, 0.717) is 45.0 Å². The first kappa shape index (κ1) is 15.9. The molecule has 0 radical (unpaired) electrons. The maximum atomic E-state index is 12.4. The monoisotopic (exact) mass is 343 g/mol. The zero-order valence-electron chi connectivity index (χ0n) is 13.9. The van der Waals surface area contributed by atoms with Crippen LogP contribution in [0.15, 0.2) is 28.7 Å². The molecule has 132 valence electrons. The van der Waals surface area contributed by atoms with Crippen LogP contribution in [0.4, 0.5) is 4.79 Å². The highest BCUT2D eigenvalue weighted by Gasteiger charge is 2.32. The number of fused-ring (bicyclic) bond motifs is 1. The van der Waals surface area contributed by atoms with Gasteiger partial charge in [-0.3, -0.25) is 9.69 Å². The molecule has 0 spiro atoms. The first-order valence-corrected chi connectivity index (χ1v) is 8.60. The number of para-hydroxylation sites is 2. The van der Waals surface area contributed by atoms with E-state index in [1.165, 1.54) is 0 Å². The average molecular weight is 343 g/mol. The molecule has 3 amide bonds. The lowest BCUT2D eigenvalue weighted by Gasteiger charge is -2.35. The largest absolute Gasteiger partial charge is 0.441 e. The number of rotatable bonds is 5. The van der Waals surface area contributed by atoms with E-state index < -0.39 is 0 Å². The highest BCUT2D eigenvalue weighted by atomic mass is 16.3. The van der Waals surface area contributed by atoms with E-state index in [4.69, 9.17) is 4.42 Å². The molecule has 2 aliphatic rings. The van der Waals surface area contributed by atoms with Crippen LogP contribution < -0.4 is 10.6 Å². The molecule has 2 aromatic rings. The average Bonchev–Trinajstić information content (AvgIpc) is 3.20. The first-order chi connectivity index (χ1) is 12.2. The number of carbonyl (C=O) groups excluding carboxylic acids is 2. The van der Waals surface area contributed by atoms with Crippen molar-refractivity contribution >= 4 is 23.0 Å². The molecule has 0 bridgehead atoms. The normalized spacial score (nSPS) is 21.6. The second-order valence-electron chi connectivity index (χ2n) is 6.34. The summed E-state index contributed by atoms with van der Waals surface area (Å²) in [4.78, 5) is 32.4. The molecule has 8 heteroatoms. The number of hydrogen-bond acceptors (Lipinski definition) is 5. The predicted octanol–water partition coefficient (Wildman–Crippen LogP) is 0.196. The van der Waals surface area contributed by atoms with E-state index in [1.807, 2.05) is 24.3 Å². The molecule has 2 N–H and O–H groups in total. The minimum atomic E-state index is -0.326. The van der Waals surface area contributed by atoms with Gasteiger partial charge in [0.25, 0.3) is 0 Å². The van der Waals surface area contributed by atoms with Crippen LogP contribution in [0, 0.1) is 0 Å². The van der Waals surface area contributed by atoms with Gasteiger partial charge in [0, 0.05) is 45.7 Å². The van der Waals surface area contributed by atoms with Gasteiger partial charge in [0.15, 0.2) is 11.5 Å². The van der Waals surface area contributed by atoms with Crippen molar-refractivity contribution in [3.63, 3.8) is 0 Å². The van der Waals surface area contributed by atoms with Crippen molar-refractivity contribution in [3.8, 4) is 0 Å². The number of oxazole rings is 1. The number of urea groups is 1. The van der Waals surface area contributed by atoms with Gasteiger partial charge in [0.2, 0.25) is 5.91 Å². The van der Waals surface area contributed by atoms with E-state index in [-0.39, 0.29) is 18.0 Å². The van der Waals surface area contributed by atoms with Gasteiger partial charge < -0.3 is 20.0 Å². The highest BCUT2D eigenvalue weighted by molar-refractivity contribution is 5.83. The Bertz CT molecular complexity index is 756. The summed E-state index contributed by atoms with van der Waals surface area (Å²) in [6, 6.07) is 7.22. The fourth-order valence-electron chi connectivity index (χ4n) is 3.40. The Labute approximate surface area is 145 Å². The first-order valence-electron chi connectivity index (χ1n) is 8.60. The molecule has 1 aromatic carbocycles. The van der Waals surface area contributed by atoms with Crippen LogP contribution in [0.2, 0.25) is 0 Å². The van der Waals surface area contributed by atoms with E-state index in [0.717, 1.165) is 17.6 Å². The molecule has 1 aromatic heterocycles. The molecule has 0 saturated carbocycles. The maximum absolute atomic E-state index is 12.4. The molecule has 0 aliphatic carbocycles. The summed E-state index contributed by atoms with van der Waals surface area (Å²) in [5.74, 6) is 0.548. The Morgan fingerprint density at radius 1 is 1.12 bits per heavy atom. The molecule has 2 aliphatic heterocycles. The molecule has 2 fully saturated rings. The van der Waals surface area contributed by atoms with Crippen molar-refractivity contribution in [2.75, 3.05) is 39.3 Å². The number of nitrogens with one attached hydrogen (secondary N) is 2. The Hall–Kier alpha value is -2.61. The molecule has 0 unspecified atom stereocenters. The van der Waals surface area contributed by atoms with Gasteiger partial charge in [-0.1, -0.05) is 12.1 Å². The number of aromatic nitrogens is 1. The molecule has 8 nitrogen and oxygen atoms in total. The van der Waals surface area contributed by atoms with Crippen molar-refractivity contribution < 1.29 is 14.0 Å². The second-order valence-corrected chi connectivity index (χ2v) is 6.34. The Kier molecular flexibility index (Phi) is 4.27. The SMILES string of the molecule is O=C1NCCN(CCN2CCNC2=O)[C@H]1Cc1nc2ccccc2o1. The standard InChI is InChI=1S/C17H21N5O3/c23-16-13(11-15-20-12-3-1-2-4-14(12)25-15)21(7-5-18-16)9-10-22-8-6-19-17(22)24/h1-4,13H,5-11H2,(H,18,23)(H,19,24)/t13-/m0/s1. The van der Waals surface area contributed by atoms with Crippen LogP contribution in [0.1, 0.15) is 5.89 Å². The third-order valence-corrected chi connectivity index (χ3v) is 4.75. The summed E-state index contributed by atoms with van der Waals surface area (Å²) >= 11 is 0. The Balaban J connectivity index is 1.46. The zero-order valence-corrected chi connectivity index (χ0v) is 13.9. The van der Waals surface area contributed by atoms with Crippen molar-refractivity contribution in [3.05, 3.63) is 30.2 Å². The summed E-state index contributed by atoms with van der Waals surface area (Å²) < 4.78 is 5.77. The van der Waals surface area contributed by atoms with E-state index in [2.05, 4.69) is 20.5 Å². The van der Waals surface area contributed by atoms with Crippen LogP contribution in [-0.4, -0.2) is 72.0 Å². The summed E-state index contributed by atoms with van der Waals surface area (Å²) in [5, 5.41) is 5.71. The van der Waals surface area contributed by atoms with Gasteiger partial charge >= 0.3 is 6.03 Å². The number of piperazine rings is 1. The fourth-order valence-corrected chi connectivity index (χ4v) is 3.40. The van der Waals surface area contributed by atoms with Crippen molar-refractivity contribution in [1.29, 1.82) is 0 Å². The summed E-state index contributed by atoms with van der Waals surface area (Å²) in [6.07, 6.45) is 0.423. The van der Waals surface area contributed by atoms with Crippen molar-refractivity contribution in [1.82, 2.24) is 25.4 Å². The lowest BCUT2D eigenvalue weighted by Crippen LogP contribution is -2.57. The van der Waals surface area contributed by atoms with Crippen molar-refractivity contribution in [2.45, 2.75) is 12.5 Å². The molecular formula is C17H21N5O3. The molecule has 2 saturated heterocycles. The Morgan fingerprint density at radius 3 is 2.76 bits per heavy atom. The van der Waals surface area contributed by atoms with E-state index in [1.54, 1.807) is 4.90 Å². The number of benzene rings is 1. The minimum Gasteiger partial charge on any atom is -0.441 e. The van der Waals surface area contributed by atoms with E-state index in [9.17, 15) is 9.59 Å². The van der Waals surface area contributed by atoms with Gasteiger partial charge in [-0.15, -0.1) is 0 Å². The molecular weight excluding hydrogens is 322 g/mol. The van der Waals surface area contributed by atoms with Crippen LogP contribution >= 0.6 is 0 Å². The molecule has 25 heavy (non-hydrogen) atoms. The van der Waals surface area contributed by atoms with Crippen LogP contribution in [0.5, 0.6) is 0 Å². The lowest BCUT2D eigenvalue weighted by atomic mass is 10.1. The fraction of sp³-hybridized carbons (Fsp3) is 0.471. The minimum absolute atomic E-state index is 0.0145. The molecule has 3 heterocycles. The smallest absolute Gasteiger partial charge is 0.317 e. The topological polar surface area (TPSA) is 90.7 Å². The van der Waals surface area contributed by atoms with Gasteiger partial charge in [-0.2, -0.15) is 0 Å². The maximum Gasteiger partial charge on any atom is 0.317 e. The quantitative estimate of drug-likeness (QED) is 0.809.